The Kier molecular flexibility index (Phi) is 20.2. The highest BCUT2D eigenvalue weighted by molar-refractivity contribution is 6.29. The number of hydrogen-bond donors (Lipinski definition) is 4. The van der Waals surface area contributed by atoms with Crippen molar-refractivity contribution < 1.29 is 90.8 Å². The van der Waals surface area contributed by atoms with Gasteiger partial charge in [-0.1, -0.05) is 121 Å². The van der Waals surface area contributed by atoms with E-state index in [-0.39, 0.29) is 25.0 Å². The molecule has 24 heteroatoms. The van der Waals surface area contributed by atoms with Gasteiger partial charge in [-0.15, -0.1) is 0 Å². The summed E-state index contributed by atoms with van der Waals surface area (Å²) in [5.74, 6) is -6.13. The van der Waals surface area contributed by atoms with Crippen LogP contribution in [0.2, 0.25) is 0 Å². The van der Waals surface area contributed by atoms with Gasteiger partial charge in [-0.2, -0.15) is 52.7 Å². The van der Waals surface area contributed by atoms with E-state index in [0.29, 0.717) is 46.5 Å². The molecule has 12 nitrogen and oxygen atoms in total. The van der Waals surface area contributed by atoms with Gasteiger partial charge in [0.25, 0.3) is 0 Å². The van der Waals surface area contributed by atoms with Gasteiger partial charge in [-0.05, 0) is 69.8 Å². The largest absolute Gasteiger partial charge is 0.426 e. The molecule has 4 atom stereocenters. The molecule has 6 rings (SSSR count). The first kappa shape index (κ1) is 59.4. The van der Waals surface area contributed by atoms with Crippen molar-refractivity contribution in [3.05, 3.63) is 213 Å². The predicted octanol–water partition coefficient (Wildman–Crippen LogP) is 10.2. The maximum Gasteiger partial charge on any atom is 0.419 e. The molecule has 6 aromatic rings. The van der Waals surface area contributed by atoms with Gasteiger partial charge in [-0.3, -0.25) is 20.2 Å². The van der Waals surface area contributed by atoms with Crippen molar-refractivity contribution in [3.8, 4) is 0 Å². The second-order valence-electron chi connectivity index (χ2n) is 17.1. The Morgan fingerprint density at radius 3 is 0.897 bits per heavy atom. The van der Waals surface area contributed by atoms with Gasteiger partial charge in [0.15, 0.2) is 0 Å². The van der Waals surface area contributed by atoms with E-state index in [0.717, 1.165) is 0 Å². The molecule has 0 saturated carbocycles. The van der Waals surface area contributed by atoms with Gasteiger partial charge in [0.05, 0.1) is 60.9 Å². The number of alkyl halides is 12. The van der Waals surface area contributed by atoms with Crippen LogP contribution < -0.4 is 21.3 Å². The fourth-order valence-electron chi connectivity index (χ4n) is 8.33. The highest BCUT2D eigenvalue weighted by Crippen LogP contribution is 2.40. The fraction of sp³-hybridized carbons (Fsp3) is 0.259. The molecule has 0 aliphatic carbocycles. The van der Waals surface area contributed by atoms with E-state index < -0.39 is 133 Å². The Morgan fingerprint density at radius 1 is 0.410 bits per heavy atom. The van der Waals surface area contributed by atoms with Crippen LogP contribution in [0.15, 0.2) is 158 Å². The highest BCUT2D eigenvalue weighted by Gasteiger charge is 2.43. The maximum absolute atomic E-state index is 14.4. The summed E-state index contributed by atoms with van der Waals surface area (Å²) in [6, 6.07) is 30.2. The van der Waals surface area contributed by atoms with Crippen molar-refractivity contribution in [2.45, 2.75) is 74.4 Å². The molecule has 0 aromatic heterocycles. The molecule has 2 unspecified atom stereocenters. The standard InChI is InChI=1S/C54H46F12N4O8/c55-51(56,57)39-21-33(22-40(25-39)52(58,59)60)27-75-49(45(69-29-67-31-71)43(35-13-5-1-6-14-35)36-15-7-2-8-16-36)77-47(73)48(74)78-50(76-28-34-23-41(53(61,62)63)26-42(24-34)54(64,65)66)46(70-30-68-32-72)44(37-17-9-3-10-18-37)38-19-11-4-12-20-38/h1-26,31-32,43-46,49-50,69-70H,27-30H2,(H,67,71)(H,68,72)/t45-,46-,49?,50?/m0/s1. The SMILES string of the molecule is O=CNCN[C@H](C(OCc1cc(C(F)(F)F)cc(C(F)(F)F)c1)OC(=O)C(=O)OC(OCc1cc(C(F)(F)F)cc(C(F)(F)F)c1)[C@@H](NCNC=O)C(c1ccccc1)c1ccccc1)C(c1ccccc1)c1ccccc1. The number of benzene rings is 6. The smallest absolute Gasteiger partial charge is 0.419 e. The number of nitrogens with one attached hydrogen (secondary N) is 4. The number of esters is 2. The average Bonchev–Trinajstić information content (AvgIpc) is 3.45. The van der Waals surface area contributed by atoms with Crippen LogP contribution >= 0.6 is 0 Å². The normalized spacial score (nSPS) is 13.8. The molecule has 0 bridgehead atoms. The third kappa shape index (κ3) is 16.6. The van der Waals surface area contributed by atoms with Gasteiger partial charge in [0.2, 0.25) is 25.4 Å². The molecule has 0 spiro atoms. The minimum Gasteiger partial charge on any atom is -0.426 e. The maximum atomic E-state index is 14.4. The second-order valence-corrected chi connectivity index (χ2v) is 17.1. The van der Waals surface area contributed by atoms with Crippen LogP contribution in [0.4, 0.5) is 52.7 Å². The molecular formula is C54H46F12N4O8. The molecule has 0 saturated heterocycles. The fourth-order valence-corrected chi connectivity index (χ4v) is 8.33. The van der Waals surface area contributed by atoms with Gasteiger partial charge in [0.1, 0.15) is 0 Å². The molecule has 0 aliphatic heterocycles. The molecule has 4 N–H and O–H groups in total. The van der Waals surface area contributed by atoms with E-state index in [1.54, 1.807) is 121 Å². The first-order valence-corrected chi connectivity index (χ1v) is 23.2. The zero-order valence-electron chi connectivity index (χ0n) is 40.3. The summed E-state index contributed by atoms with van der Waals surface area (Å²) in [6.45, 7) is -3.30. The summed E-state index contributed by atoms with van der Waals surface area (Å²) in [7, 11) is 0. The second kappa shape index (κ2) is 26.5. The molecule has 0 fully saturated rings. The quantitative estimate of drug-likeness (QED) is 0.0115. The molecule has 78 heavy (non-hydrogen) atoms. The van der Waals surface area contributed by atoms with Gasteiger partial charge in [-0.25, -0.2) is 9.59 Å². The molecular weight excluding hydrogens is 1060 g/mol. The lowest BCUT2D eigenvalue weighted by molar-refractivity contribution is -0.213. The Labute approximate surface area is 437 Å². The van der Waals surface area contributed by atoms with Gasteiger partial charge >= 0.3 is 36.6 Å². The first-order chi connectivity index (χ1) is 37.0. The average molecular weight is 1110 g/mol. The van der Waals surface area contributed by atoms with Crippen molar-refractivity contribution >= 4 is 24.8 Å². The van der Waals surface area contributed by atoms with Gasteiger partial charge < -0.3 is 29.6 Å². The van der Waals surface area contributed by atoms with Crippen LogP contribution in [0, 0.1) is 0 Å². The van der Waals surface area contributed by atoms with Crippen LogP contribution in [0.3, 0.4) is 0 Å². The Bertz CT molecular complexity index is 2560. The van der Waals surface area contributed by atoms with Crippen molar-refractivity contribution in [1.29, 1.82) is 0 Å². The third-order valence-electron chi connectivity index (χ3n) is 11.7. The number of halogens is 12. The summed E-state index contributed by atoms with van der Waals surface area (Å²) >= 11 is 0. The van der Waals surface area contributed by atoms with E-state index in [1.807, 2.05) is 0 Å². The topological polar surface area (TPSA) is 153 Å². The molecule has 0 radical (unpaired) electrons. The lowest BCUT2D eigenvalue weighted by Crippen LogP contribution is -2.52. The predicted molar refractivity (Wildman–Crippen MR) is 254 cm³/mol. The summed E-state index contributed by atoms with van der Waals surface area (Å²) in [6.07, 6.45) is -25.2. The number of amides is 2. The van der Waals surface area contributed by atoms with E-state index in [1.165, 1.54) is 0 Å². The number of ether oxygens (including phenoxy) is 4. The Balaban J connectivity index is 1.48. The zero-order valence-corrected chi connectivity index (χ0v) is 40.3. The highest BCUT2D eigenvalue weighted by atomic mass is 19.4. The lowest BCUT2D eigenvalue weighted by atomic mass is 9.84. The van der Waals surface area contributed by atoms with Crippen molar-refractivity contribution in [2.75, 3.05) is 13.3 Å². The van der Waals surface area contributed by atoms with Crippen molar-refractivity contribution in [2.24, 2.45) is 0 Å². The first-order valence-electron chi connectivity index (χ1n) is 23.2. The summed E-state index contributed by atoms with van der Waals surface area (Å²) in [5, 5.41) is 10.4. The van der Waals surface area contributed by atoms with E-state index in [4.69, 9.17) is 18.9 Å². The molecule has 2 amide bonds. The van der Waals surface area contributed by atoms with Crippen LogP contribution in [-0.2, 0) is 76.0 Å². The third-order valence-corrected chi connectivity index (χ3v) is 11.7. The Morgan fingerprint density at radius 2 is 0.667 bits per heavy atom. The molecule has 0 heterocycles. The number of carbonyl (C=O) groups is 4. The zero-order chi connectivity index (χ0) is 56.7. The van der Waals surface area contributed by atoms with Crippen LogP contribution in [0.5, 0.6) is 0 Å². The Hall–Kier alpha value is -7.80. The number of rotatable bonds is 24. The monoisotopic (exact) mass is 1110 g/mol. The molecule has 0 aliphatic rings. The van der Waals surface area contributed by atoms with Crippen molar-refractivity contribution in [3.63, 3.8) is 0 Å². The van der Waals surface area contributed by atoms with E-state index >= 15 is 0 Å². The van der Waals surface area contributed by atoms with Crippen LogP contribution in [-0.4, -0.2) is 62.8 Å². The molecule has 414 valence electrons. The summed E-state index contributed by atoms with van der Waals surface area (Å²) in [4.78, 5) is 51.9. The molecule has 6 aromatic carbocycles. The van der Waals surface area contributed by atoms with Crippen molar-refractivity contribution in [1.82, 2.24) is 21.3 Å². The van der Waals surface area contributed by atoms with Crippen LogP contribution in [0.25, 0.3) is 0 Å². The van der Waals surface area contributed by atoms with Gasteiger partial charge in [0, 0.05) is 11.8 Å². The summed E-state index contributed by atoms with van der Waals surface area (Å²) in [5.41, 5.74) is -6.75. The number of carbonyl (C=O) groups excluding carboxylic acids is 4. The summed E-state index contributed by atoms with van der Waals surface area (Å²) < 4.78 is 192. The number of hydrogen-bond acceptors (Lipinski definition) is 10. The van der Waals surface area contributed by atoms with Crippen LogP contribution in [0.1, 0.15) is 67.5 Å². The minimum atomic E-state index is -5.31. The lowest BCUT2D eigenvalue weighted by Gasteiger charge is -2.35. The van der Waals surface area contributed by atoms with E-state index in [9.17, 15) is 71.9 Å². The minimum absolute atomic E-state index is 0.134. The van der Waals surface area contributed by atoms with E-state index in [2.05, 4.69) is 21.3 Å².